The molecule has 1 aliphatic rings. The molecule has 5 aromatic rings. The number of fused-ring (bicyclic) bond motifs is 2. The van der Waals surface area contributed by atoms with Gasteiger partial charge in [0.15, 0.2) is 16.9 Å². The van der Waals surface area contributed by atoms with Crippen LogP contribution in [-0.4, -0.2) is 27.0 Å². The summed E-state index contributed by atoms with van der Waals surface area (Å²) in [5.74, 6) is -1.21. The van der Waals surface area contributed by atoms with Gasteiger partial charge in [0.05, 0.1) is 16.9 Å². The second-order valence-corrected chi connectivity index (χ2v) is 9.96. The van der Waals surface area contributed by atoms with E-state index in [1.807, 2.05) is 12.1 Å². The lowest BCUT2D eigenvalue weighted by Gasteiger charge is -2.27. The van der Waals surface area contributed by atoms with E-state index >= 15 is 0 Å². The first-order valence-corrected chi connectivity index (χ1v) is 12.7. The van der Waals surface area contributed by atoms with Crippen LogP contribution in [0, 0.1) is 10.8 Å². The van der Waals surface area contributed by atoms with E-state index in [4.69, 9.17) is 19.6 Å². The van der Waals surface area contributed by atoms with Crippen molar-refractivity contribution >= 4 is 34.4 Å². The molecule has 40 heavy (non-hydrogen) atoms. The maximum absolute atomic E-state index is 12.8. The Morgan fingerprint density at radius 2 is 1.70 bits per heavy atom. The van der Waals surface area contributed by atoms with E-state index in [9.17, 15) is 24.7 Å². The average molecular weight is 541 g/mol. The van der Waals surface area contributed by atoms with Crippen LogP contribution in [0.1, 0.15) is 47.5 Å². The molecule has 0 unspecified atom stereocenters. The van der Waals surface area contributed by atoms with Crippen LogP contribution in [0.15, 0.2) is 68.8 Å². The molecule has 6 rings (SSSR count). The summed E-state index contributed by atoms with van der Waals surface area (Å²) in [6.07, 6.45) is 4.41. The number of rotatable bonds is 7. The number of nitroso groups, excluding NO2 is 1. The highest BCUT2D eigenvalue weighted by molar-refractivity contribution is 6.12. The van der Waals surface area contributed by atoms with E-state index in [-0.39, 0.29) is 34.5 Å². The Morgan fingerprint density at radius 3 is 2.35 bits per heavy atom. The van der Waals surface area contributed by atoms with E-state index < -0.39 is 17.4 Å². The number of furan rings is 3. The highest BCUT2D eigenvalue weighted by Gasteiger charge is 2.27. The summed E-state index contributed by atoms with van der Waals surface area (Å²) in [4.78, 5) is 40.1. The maximum atomic E-state index is 12.8. The van der Waals surface area contributed by atoms with E-state index in [2.05, 4.69) is 10.5 Å². The van der Waals surface area contributed by atoms with E-state index in [1.165, 1.54) is 12.3 Å². The Morgan fingerprint density at radius 1 is 0.975 bits per heavy atom. The second-order valence-electron chi connectivity index (χ2n) is 9.96. The summed E-state index contributed by atoms with van der Waals surface area (Å²) >= 11 is 0. The Bertz CT molecular complexity index is 1730. The highest BCUT2D eigenvalue weighted by Crippen LogP contribution is 2.43. The van der Waals surface area contributed by atoms with Gasteiger partial charge in [-0.05, 0) is 66.6 Å². The number of aromatic hydroxyl groups is 2. The molecule has 0 saturated heterocycles. The van der Waals surface area contributed by atoms with E-state index in [0.717, 1.165) is 24.0 Å². The van der Waals surface area contributed by atoms with Gasteiger partial charge in [-0.1, -0.05) is 12.1 Å². The predicted molar refractivity (Wildman–Crippen MR) is 145 cm³/mol. The van der Waals surface area contributed by atoms with Crippen LogP contribution < -0.4 is 11.1 Å². The van der Waals surface area contributed by atoms with Gasteiger partial charge in [0.2, 0.25) is 17.4 Å². The summed E-state index contributed by atoms with van der Waals surface area (Å²) in [5.41, 5.74) is 9.21. The molecule has 1 fully saturated rings. The number of nitrogens with two attached hydrogens (primary N) is 1. The standard InChI is InChI=1S/C29H24N4O7/c30-28(36)16-3-1-14(2-4-16)17-9-21(15-5-7-18(33-38)8-6-15)32-22(10-17)23-11-19(13-39-23)31-29(37)20-12-24-25(34)26(35)27(20)40-24/h5-14,16,34-35H,1-4H2,(H2,30,36)(H,31,37). The van der Waals surface area contributed by atoms with Gasteiger partial charge in [0.1, 0.15) is 17.6 Å². The number of nitrogens with one attached hydrogen (secondary N) is 1. The number of phenolic OH excluding ortho intramolecular Hbond substituents is 2. The Kier molecular flexibility index (Phi) is 6.18. The number of carbonyl (C=O) groups is 2. The van der Waals surface area contributed by atoms with E-state index in [1.54, 1.807) is 30.3 Å². The number of hydrogen-bond acceptors (Lipinski definition) is 9. The molecule has 2 amide bonds. The molecule has 5 N–H and O–H groups in total. The largest absolute Gasteiger partial charge is 0.502 e. The van der Waals surface area contributed by atoms with Crippen LogP contribution in [-0.2, 0) is 4.79 Å². The first kappa shape index (κ1) is 25.1. The molecule has 1 saturated carbocycles. The zero-order valence-electron chi connectivity index (χ0n) is 21.1. The van der Waals surface area contributed by atoms with Gasteiger partial charge >= 0.3 is 0 Å². The zero-order chi connectivity index (χ0) is 28.0. The van der Waals surface area contributed by atoms with Crippen LogP contribution in [0.3, 0.4) is 0 Å². The third-order valence-electron chi connectivity index (χ3n) is 7.48. The molecule has 1 aromatic carbocycles. The summed E-state index contributed by atoms with van der Waals surface area (Å²) in [6.45, 7) is 0. The van der Waals surface area contributed by atoms with Gasteiger partial charge in [-0.3, -0.25) is 9.59 Å². The average Bonchev–Trinajstić information content (AvgIpc) is 3.70. The molecular formula is C29H24N4O7. The van der Waals surface area contributed by atoms with Crippen molar-refractivity contribution < 1.29 is 28.6 Å². The molecule has 202 valence electrons. The first-order chi connectivity index (χ1) is 19.3. The number of pyridine rings is 1. The minimum absolute atomic E-state index is 0.0147. The number of nitrogens with zero attached hydrogens (tertiary/aromatic N) is 2. The van der Waals surface area contributed by atoms with Gasteiger partial charge in [-0.25, -0.2) is 4.98 Å². The Labute approximate surface area is 226 Å². The van der Waals surface area contributed by atoms with Crippen LogP contribution in [0.2, 0.25) is 0 Å². The first-order valence-electron chi connectivity index (χ1n) is 12.7. The van der Waals surface area contributed by atoms with Crippen LogP contribution in [0.4, 0.5) is 11.4 Å². The number of benzene rings is 2. The zero-order valence-corrected chi connectivity index (χ0v) is 21.1. The maximum Gasteiger partial charge on any atom is 0.259 e. The van der Waals surface area contributed by atoms with Crippen molar-refractivity contribution in [2.24, 2.45) is 16.8 Å². The lowest BCUT2D eigenvalue weighted by atomic mass is 9.78. The van der Waals surface area contributed by atoms with Gasteiger partial charge in [0, 0.05) is 23.6 Å². The quantitative estimate of drug-likeness (QED) is 0.143. The number of carbonyl (C=O) groups excluding carboxylic acids is 2. The number of primary amides is 1. The molecule has 0 radical (unpaired) electrons. The summed E-state index contributed by atoms with van der Waals surface area (Å²) in [7, 11) is 0. The number of amides is 2. The minimum atomic E-state index is -0.547. The Balaban J connectivity index is 1.30. The van der Waals surface area contributed by atoms with Crippen molar-refractivity contribution in [2.75, 3.05) is 5.32 Å². The molecule has 0 atom stereocenters. The van der Waals surface area contributed by atoms with Gasteiger partial charge in [-0.2, -0.15) is 0 Å². The summed E-state index contributed by atoms with van der Waals surface area (Å²) < 4.78 is 11.0. The molecular weight excluding hydrogens is 516 g/mol. The van der Waals surface area contributed by atoms with Crippen molar-refractivity contribution in [1.29, 1.82) is 0 Å². The number of anilines is 1. The number of aromatic nitrogens is 1. The lowest BCUT2D eigenvalue weighted by Crippen LogP contribution is -2.27. The molecule has 0 spiro atoms. The predicted octanol–water partition coefficient (Wildman–Crippen LogP) is 6.01. The monoisotopic (exact) mass is 540 g/mol. The Hall–Kier alpha value is -5.19. The van der Waals surface area contributed by atoms with Gasteiger partial charge in [0.25, 0.3) is 5.91 Å². The molecule has 11 nitrogen and oxygen atoms in total. The minimum Gasteiger partial charge on any atom is -0.502 e. The normalized spacial score (nSPS) is 17.2. The second kappa shape index (κ2) is 9.84. The van der Waals surface area contributed by atoms with Crippen molar-refractivity contribution in [2.45, 2.75) is 31.6 Å². The smallest absolute Gasteiger partial charge is 0.259 e. The van der Waals surface area contributed by atoms with E-state index in [0.29, 0.717) is 41.4 Å². The lowest BCUT2D eigenvalue weighted by molar-refractivity contribution is -0.122. The SMILES string of the molecule is NC(=O)C1CCC(c2cc(-c3ccc(N=O)cc3)nc(-c3cc(NC(=O)c4cc5oc4c(O)c5O)co3)c2)CC1. The molecule has 4 heterocycles. The van der Waals surface area contributed by atoms with Crippen molar-refractivity contribution in [3.8, 4) is 34.2 Å². The van der Waals surface area contributed by atoms with Crippen LogP contribution in [0.25, 0.3) is 33.9 Å². The van der Waals surface area contributed by atoms with Gasteiger partial charge in [-0.15, -0.1) is 4.91 Å². The summed E-state index contributed by atoms with van der Waals surface area (Å²) in [6, 6.07) is 13.7. The van der Waals surface area contributed by atoms with Crippen molar-refractivity contribution in [3.05, 3.63) is 70.8 Å². The fourth-order valence-corrected chi connectivity index (χ4v) is 5.28. The fraction of sp³-hybridized carbons (Fsp3) is 0.207. The fourth-order valence-electron chi connectivity index (χ4n) is 5.28. The molecule has 2 bridgehead atoms. The molecule has 1 aliphatic carbocycles. The van der Waals surface area contributed by atoms with Crippen LogP contribution in [0.5, 0.6) is 11.5 Å². The molecule has 11 heteroatoms. The highest BCUT2D eigenvalue weighted by atomic mass is 16.4. The number of phenols is 2. The third-order valence-corrected chi connectivity index (χ3v) is 7.48. The molecule has 4 aromatic heterocycles. The number of hydrogen-bond donors (Lipinski definition) is 4. The third kappa shape index (κ3) is 4.51. The summed E-state index contributed by atoms with van der Waals surface area (Å²) in [5, 5.41) is 25.3. The van der Waals surface area contributed by atoms with Crippen LogP contribution >= 0.6 is 0 Å². The van der Waals surface area contributed by atoms with Crippen molar-refractivity contribution in [1.82, 2.24) is 4.98 Å². The topological polar surface area (TPSA) is 181 Å². The molecule has 0 aliphatic heterocycles. The van der Waals surface area contributed by atoms with Crippen molar-refractivity contribution in [3.63, 3.8) is 0 Å². The van der Waals surface area contributed by atoms with Gasteiger partial charge < -0.3 is 30.1 Å².